The van der Waals surface area contributed by atoms with Crippen LogP contribution < -0.4 is 14.4 Å². The number of fused-ring (bicyclic) bond motifs is 1. The molecule has 3 aromatic rings. The molecule has 0 saturated carbocycles. The Labute approximate surface area is 238 Å². The summed E-state index contributed by atoms with van der Waals surface area (Å²) in [5, 5.41) is 4.71. The molecule has 0 radical (unpaired) electrons. The molecule has 1 atom stereocenters. The van der Waals surface area contributed by atoms with Gasteiger partial charge in [-0.25, -0.2) is 9.07 Å². The third-order valence-electron chi connectivity index (χ3n) is 7.34. The zero-order valence-electron chi connectivity index (χ0n) is 23.6. The number of hydrogen-bond acceptors (Lipinski definition) is 6. The number of likely N-dealkylation sites (tertiary alicyclic amines) is 1. The van der Waals surface area contributed by atoms with Crippen LogP contribution in [-0.2, 0) is 15.0 Å². The van der Waals surface area contributed by atoms with Crippen molar-refractivity contribution < 1.29 is 23.5 Å². The van der Waals surface area contributed by atoms with Crippen LogP contribution in [0.4, 0.5) is 10.2 Å². The van der Waals surface area contributed by atoms with Crippen molar-refractivity contribution in [1.82, 2.24) is 14.7 Å². The van der Waals surface area contributed by atoms with Gasteiger partial charge in [0, 0.05) is 29.6 Å². The lowest BCUT2D eigenvalue weighted by molar-refractivity contribution is -0.130. The van der Waals surface area contributed by atoms with Gasteiger partial charge in [0.1, 0.15) is 29.7 Å². The lowest BCUT2D eigenvalue weighted by Crippen LogP contribution is -2.43. The molecule has 2 aromatic carbocycles. The number of thioether (sulfide) groups is 1. The van der Waals surface area contributed by atoms with Crippen LogP contribution in [0.15, 0.2) is 42.5 Å². The number of ether oxygens (including phenoxy) is 2. The van der Waals surface area contributed by atoms with Gasteiger partial charge in [0.25, 0.3) is 0 Å². The maximum Gasteiger partial charge on any atom is 0.242 e. The summed E-state index contributed by atoms with van der Waals surface area (Å²) in [5.41, 5.74) is 2.63. The van der Waals surface area contributed by atoms with Crippen LogP contribution in [0, 0.1) is 5.82 Å². The SMILES string of the molecule is COc1ccc(OC)c([C@@H]2SCC(=O)N(CC(=O)N3CCCC3)c3c2c(C(C)(C)C)nn3-c2ccc(F)cc2)c1. The minimum absolute atomic E-state index is 0.0924. The lowest BCUT2D eigenvalue weighted by Gasteiger charge is -2.26. The number of nitrogens with zero attached hydrogens (tertiary/aromatic N) is 4. The number of hydrogen-bond donors (Lipinski definition) is 0. The molecule has 1 fully saturated rings. The number of methoxy groups -OCH3 is 2. The average Bonchev–Trinajstić information content (AvgIpc) is 3.59. The van der Waals surface area contributed by atoms with E-state index < -0.39 is 5.41 Å². The second-order valence-electron chi connectivity index (χ2n) is 11.1. The van der Waals surface area contributed by atoms with Crippen molar-refractivity contribution in [3.8, 4) is 17.2 Å². The summed E-state index contributed by atoms with van der Waals surface area (Å²) in [6, 6.07) is 11.6. The minimum atomic E-state index is -0.418. The number of anilines is 1. The van der Waals surface area contributed by atoms with E-state index >= 15 is 0 Å². The summed E-state index contributed by atoms with van der Waals surface area (Å²) in [7, 11) is 3.23. The Balaban J connectivity index is 1.78. The Bertz CT molecular complexity index is 1410. The number of aromatic nitrogens is 2. The first kappa shape index (κ1) is 28.0. The molecule has 0 unspecified atom stereocenters. The number of carbonyl (C=O) groups is 2. The zero-order valence-corrected chi connectivity index (χ0v) is 24.4. The van der Waals surface area contributed by atoms with Crippen LogP contribution >= 0.6 is 11.8 Å². The fraction of sp³-hybridized carbons (Fsp3) is 0.433. The highest BCUT2D eigenvalue weighted by Gasteiger charge is 2.41. The third-order valence-corrected chi connectivity index (χ3v) is 8.58. The van der Waals surface area contributed by atoms with Crippen molar-refractivity contribution >= 4 is 29.4 Å². The van der Waals surface area contributed by atoms with E-state index in [0.29, 0.717) is 36.1 Å². The number of rotatable bonds is 6. The third kappa shape index (κ3) is 5.29. The van der Waals surface area contributed by atoms with Gasteiger partial charge in [-0.2, -0.15) is 5.10 Å². The molecule has 2 aliphatic heterocycles. The van der Waals surface area contributed by atoms with Crippen molar-refractivity contribution in [1.29, 1.82) is 0 Å². The topological polar surface area (TPSA) is 76.9 Å². The van der Waals surface area contributed by atoms with E-state index in [1.807, 2.05) is 23.1 Å². The summed E-state index contributed by atoms with van der Waals surface area (Å²) < 4.78 is 27.0. The van der Waals surface area contributed by atoms with E-state index in [-0.39, 0.29) is 35.2 Å². The number of amides is 2. The lowest BCUT2D eigenvalue weighted by atomic mass is 9.87. The molecule has 0 spiro atoms. The highest BCUT2D eigenvalue weighted by Crippen LogP contribution is 2.51. The zero-order chi connectivity index (χ0) is 28.6. The summed E-state index contributed by atoms with van der Waals surface area (Å²) in [4.78, 5) is 30.7. The fourth-order valence-corrected chi connectivity index (χ4v) is 6.54. The van der Waals surface area contributed by atoms with Crippen LogP contribution in [0.3, 0.4) is 0 Å². The highest BCUT2D eigenvalue weighted by molar-refractivity contribution is 8.00. The predicted molar refractivity (Wildman–Crippen MR) is 154 cm³/mol. The van der Waals surface area contributed by atoms with Gasteiger partial charge >= 0.3 is 0 Å². The van der Waals surface area contributed by atoms with Gasteiger partial charge in [-0.15, -0.1) is 11.8 Å². The molecule has 1 aromatic heterocycles. The first-order valence-electron chi connectivity index (χ1n) is 13.4. The minimum Gasteiger partial charge on any atom is -0.497 e. The van der Waals surface area contributed by atoms with Crippen molar-refractivity contribution in [3.05, 3.63) is 65.1 Å². The van der Waals surface area contributed by atoms with Gasteiger partial charge in [0.15, 0.2) is 0 Å². The first-order valence-corrected chi connectivity index (χ1v) is 14.5. The van der Waals surface area contributed by atoms with Crippen molar-refractivity contribution in [2.45, 2.75) is 44.3 Å². The molecule has 3 heterocycles. The summed E-state index contributed by atoms with van der Waals surface area (Å²) in [5.74, 6) is 1.35. The molecular weight excluding hydrogens is 531 g/mol. The van der Waals surface area contributed by atoms with E-state index in [4.69, 9.17) is 14.6 Å². The average molecular weight is 567 g/mol. The standard InChI is InChI=1S/C30H35FN4O4S/c1-30(2,3)28-26-27(22-16-21(38-4)12-13-23(22)39-5)40-18-25(37)34(17-24(36)33-14-6-7-15-33)29(26)35(32-28)20-10-8-19(31)9-11-20/h8-13,16,27H,6-7,14-15,17-18H2,1-5H3/t27-/m0/s1. The van der Waals surface area contributed by atoms with Crippen LogP contribution in [0.2, 0.25) is 0 Å². The molecular formula is C30H35FN4O4S. The van der Waals surface area contributed by atoms with E-state index in [1.165, 1.54) is 23.9 Å². The Hall–Kier alpha value is -3.53. The van der Waals surface area contributed by atoms with Gasteiger partial charge in [0.05, 0.1) is 36.6 Å². The van der Waals surface area contributed by atoms with E-state index in [2.05, 4.69) is 20.8 Å². The highest BCUT2D eigenvalue weighted by atomic mass is 32.2. The molecule has 40 heavy (non-hydrogen) atoms. The van der Waals surface area contributed by atoms with Crippen LogP contribution in [-0.4, -0.2) is 66.1 Å². The fourth-order valence-electron chi connectivity index (χ4n) is 5.33. The summed E-state index contributed by atoms with van der Waals surface area (Å²) in [6.45, 7) is 7.50. The van der Waals surface area contributed by atoms with E-state index in [9.17, 15) is 14.0 Å². The van der Waals surface area contributed by atoms with Crippen LogP contribution in [0.1, 0.15) is 55.7 Å². The molecule has 1 saturated heterocycles. The van der Waals surface area contributed by atoms with Gasteiger partial charge in [0.2, 0.25) is 11.8 Å². The monoisotopic (exact) mass is 566 g/mol. The molecule has 0 bridgehead atoms. The first-order chi connectivity index (χ1) is 19.1. The summed E-state index contributed by atoms with van der Waals surface area (Å²) >= 11 is 1.48. The molecule has 2 aliphatic rings. The Morgan fingerprint density at radius 2 is 1.77 bits per heavy atom. The molecule has 2 amide bonds. The van der Waals surface area contributed by atoms with Gasteiger partial charge < -0.3 is 14.4 Å². The van der Waals surface area contributed by atoms with Gasteiger partial charge in [-0.1, -0.05) is 20.8 Å². The Morgan fingerprint density at radius 3 is 2.40 bits per heavy atom. The van der Waals surface area contributed by atoms with Crippen molar-refractivity contribution in [3.63, 3.8) is 0 Å². The van der Waals surface area contributed by atoms with Crippen molar-refractivity contribution in [2.24, 2.45) is 0 Å². The maximum absolute atomic E-state index is 13.9. The molecule has 0 N–H and O–H groups in total. The molecule has 8 nitrogen and oxygen atoms in total. The normalized spacial score (nSPS) is 17.6. The second-order valence-corrected chi connectivity index (χ2v) is 12.2. The number of benzene rings is 2. The smallest absolute Gasteiger partial charge is 0.242 e. The Kier molecular flexibility index (Phi) is 7.81. The molecule has 212 valence electrons. The quantitative estimate of drug-likeness (QED) is 0.413. The predicted octanol–water partition coefficient (Wildman–Crippen LogP) is 5.12. The van der Waals surface area contributed by atoms with Gasteiger partial charge in [-0.05, 0) is 55.3 Å². The van der Waals surface area contributed by atoms with Crippen LogP contribution in [0.25, 0.3) is 5.69 Å². The van der Waals surface area contributed by atoms with Crippen molar-refractivity contribution in [2.75, 3.05) is 44.5 Å². The largest absolute Gasteiger partial charge is 0.497 e. The molecule has 5 rings (SSSR count). The summed E-state index contributed by atoms with van der Waals surface area (Å²) in [6.07, 6.45) is 1.92. The molecule has 10 heteroatoms. The maximum atomic E-state index is 13.9. The second kappa shape index (κ2) is 11.2. The number of halogens is 1. The number of carbonyl (C=O) groups excluding carboxylic acids is 2. The van der Waals surface area contributed by atoms with E-state index in [1.54, 1.807) is 35.9 Å². The van der Waals surface area contributed by atoms with E-state index in [0.717, 1.165) is 29.7 Å². The van der Waals surface area contributed by atoms with Crippen LogP contribution in [0.5, 0.6) is 11.5 Å². The van der Waals surface area contributed by atoms with Gasteiger partial charge in [-0.3, -0.25) is 14.5 Å². The molecule has 0 aliphatic carbocycles. The Morgan fingerprint density at radius 1 is 1.07 bits per heavy atom.